The highest BCUT2D eigenvalue weighted by Gasteiger charge is 2.27. The smallest absolute Gasteiger partial charge is 0.237 e. The molecule has 7 heteroatoms. The van der Waals surface area contributed by atoms with Crippen LogP contribution in [0.15, 0.2) is 0 Å². The number of carbonyl (C=O) groups excluding carboxylic acids is 1. The predicted molar refractivity (Wildman–Crippen MR) is 84.8 cm³/mol. The van der Waals surface area contributed by atoms with Gasteiger partial charge in [-0.05, 0) is 51.7 Å². The second kappa shape index (κ2) is 9.79. The van der Waals surface area contributed by atoms with Gasteiger partial charge in [-0.15, -0.1) is 24.8 Å². The summed E-state index contributed by atoms with van der Waals surface area (Å²) in [5.41, 5.74) is 0. The number of aliphatic hydroxyl groups is 1. The maximum absolute atomic E-state index is 11.8. The van der Waals surface area contributed by atoms with Gasteiger partial charge in [0.1, 0.15) is 0 Å². The SMILES string of the molecule is CN1CCC(CCNC(=O)C2CC(O)CN2)CC1.Cl.Cl. The molecule has 2 unspecified atom stereocenters. The Morgan fingerprint density at radius 3 is 2.55 bits per heavy atom. The van der Waals surface area contributed by atoms with Gasteiger partial charge in [0.15, 0.2) is 0 Å². The summed E-state index contributed by atoms with van der Waals surface area (Å²) in [6.45, 7) is 3.65. The van der Waals surface area contributed by atoms with Gasteiger partial charge in [-0.2, -0.15) is 0 Å². The number of aliphatic hydroxyl groups excluding tert-OH is 1. The van der Waals surface area contributed by atoms with E-state index >= 15 is 0 Å². The maximum atomic E-state index is 11.8. The first-order valence-electron chi connectivity index (χ1n) is 7.03. The van der Waals surface area contributed by atoms with Crippen LogP contribution >= 0.6 is 24.8 Å². The third-order valence-corrected chi connectivity index (χ3v) is 4.11. The zero-order valence-corrected chi connectivity index (χ0v) is 13.6. The van der Waals surface area contributed by atoms with Crippen molar-refractivity contribution in [3.8, 4) is 0 Å². The Morgan fingerprint density at radius 1 is 1.35 bits per heavy atom. The zero-order valence-electron chi connectivity index (χ0n) is 12.0. The monoisotopic (exact) mass is 327 g/mol. The molecule has 0 aromatic rings. The number of hydrogen-bond acceptors (Lipinski definition) is 4. The van der Waals surface area contributed by atoms with Gasteiger partial charge in [0.25, 0.3) is 0 Å². The van der Waals surface area contributed by atoms with Crippen LogP contribution in [0.5, 0.6) is 0 Å². The highest BCUT2D eigenvalue weighted by atomic mass is 35.5. The Labute approximate surface area is 133 Å². The molecule has 5 nitrogen and oxygen atoms in total. The van der Waals surface area contributed by atoms with Crippen LogP contribution in [0.4, 0.5) is 0 Å². The third-order valence-electron chi connectivity index (χ3n) is 4.11. The lowest BCUT2D eigenvalue weighted by molar-refractivity contribution is -0.123. The normalized spacial score (nSPS) is 27.5. The van der Waals surface area contributed by atoms with Gasteiger partial charge < -0.3 is 20.6 Å². The zero-order chi connectivity index (χ0) is 13.0. The fraction of sp³-hybridized carbons (Fsp3) is 0.923. The number of carbonyl (C=O) groups is 1. The van der Waals surface area contributed by atoms with Crippen molar-refractivity contribution in [3.63, 3.8) is 0 Å². The van der Waals surface area contributed by atoms with Crippen LogP contribution in [0, 0.1) is 5.92 Å². The number of nitrogens with one attached hydrogen (secondary N) is 2. The molecule has 0 aliphatic carbocycles. The van der Waals surface area contributed by atoms with Crippen LogP contribution in [0.25, 0.3) is 0 Å². The van der Waals surface area contributed by atoms with Gasteiger partial charge in [-0.1, -0.05) is 0 Å². The van der Waals surface area contributed by atoms with Crippen LogP contribution in [0.2, 0.25) is 0 Å². The lowest BCUT2D eigenvalue weighted by atomic mass is 9.94. The van der Waals surface area contributed by atoms with E-state index in [0.29, 0.717) is 13.0 Å². The van der Waals surface area contributed by atoms with Gasteiger partial charge >= 0.3 is 0 Å². The predicted octanol–water partition coefficient (Wildman–Crippen LogP) is 0.401. The first kappa shape index (κ1) is 19.9. The summed E-state index contributed by atoms with van der Waals surface area (Å²) in [4.78, 5) is 14.2. The van der Waals surface area contributed by atoms with E-state index in [1.165, 1.54) is 25.9 Å². The largest absolute Gasteiger partial charge is 0.392 e. The van der Waals surface area contributed by atoms with Crippen molar-refractivity contribution in [2.45, 2.75) is 37.8 Å². The molecule has 1 amide bonds. The lowest BCUT2D eigenvalue weighted by Crippen LogP contribution is -2.41. The summed E-state index contributed by atoms with van der Waals surface area (Å²) in [6.07, 6.45) is 3.74. The molecule has 20 heavy (non-hydrogen) atoms. The Bertz CT molecular complexity index is 287. The number of rotatable bonds is 4. The molecular formula is C13H27Cl2N3O2. The van der Waals surface area contributed by atoms with E-state index in [-0.39, 0.29) is 42.9 Å². The molecule has 2 aliphatic rings. The van der Waals surface area contributed by atoms with Crippen LogP contribution in [0.1, 0.15) is 25.7 Å². The van der Waals surface area contributed by atoms with Crippen LogP contribution in [-0.4, -0.2) is 61.3 Å². The molecule has 2 saturated heterocycles. The summed E-state index contributed by atoms with van der Waals surface area (Å²) >= 11 is 0. The van der Waals surface area contributed by atoms with Gasteiger partial charge in [-0.25, -0.2) is 0 Å². The van der Waals surface area contributed by atoms with Crippen molar-refractivity contribution in [3.05, 3.63) is 0 Å². The highest BCUT2D eigenvalue weighted by Crippen LogP contribution is 2.18. The van der Waals surface area contributed by atoms with Crippen LogP contribution < -0.4 is 10.6 Å². The number of piperidine rings is 1. The molecule has 2 rings (SSSR count). The summed E-state index contributed by atoms with van der Waals surface area (Å²) < 4.78 is 0. The Hall–Kier alpha value is -0.0700. The van der Waals surface area contributed by atoms with E-state index in [1.54, 1.807) is 0 Å². The van der Waals surface area contributed by atoms with E-state index in [9.17, 15) is 9.90 Å². The van der Waals surface area contributed by atoms with Crippen LogP contribution in [0.3, 0.4) is 0 Å². The second-order valence-corrected chi connectivity index (χ2v) is 5.68. The highest BCUT2D eigenvalue weighted by molar-refractivity contribution is 5.85. The number of likely N-dealkylation sites (tertiary alicyclic amines) is 1. The maximum Gasteiger partial charge on any atom is 0.237 e. The summed E-state index contributed by atoms with van der Waals surface area (Å²) in [5, 5.41) is 15.4. The minimum absolute atomic E-state index is 0. The van der Waals surface area contributed by atoms with E-state index < -0.39 is 0 Å². The number of hydrogen-bond donors (Lipinski definition) is 3. The lowest BCUT2D eigenvalue weighted by Gasteiger charge is -2.29. The number of amides is 1. The molecular weight excluding hydrogens is 301 g/mol. The minimum Gasteiger partial charge on any atom is -0.392 e. The Balaban J connectivity index is 0.00000180. The molecule has 2 aliphatic heterocycles. The van der Waals surface area contributed by atoms with Crippen LogP contribution in [-0.2, 0) is 4.79 Å². The van der Waals surface area contributed by atoms with Gasteiger partial charge in [0, 0.05) is 13.1 Å². The fourth-order valence-corrected chi connectivity index (χ4v) is 2.79. The van der Waals surface area contributed by atoms with Crippen molar-refractivity contribution in [2.75, 3.05) is 33.2 Å². The Kier molecular flexibility index (Phi) is 9.76. The molecule has 2 atom stereocenters. The molecule has 0 radical (unpaired) electrons. The summed E-state index contributed by atoms with van der Waals surface area (Å²) in [6, 6.07) is -0.197. The molecule has 2 heterocycles. The second-order valence-electron chi connectivity index (χ2n) is 5.68. The molecule has 0 aromatic heterocycles. The van der Waals surface area contributed by atoms with E-state index in [0.717, 1.165) is 18.9 Å². The summed E-state index contributed by atoms with van der Waals surface area (Å²) in [7, 11) is 2.16. The van der Waals surface area contributed by atoms with Crippen molar-refractivity contribution >= 4 is 30.7 Å². The standard InChI is InChI=1S/C13H25N3O2.2ClH/c1-16-6-3-10(4-7-16)2-5-14-13(18)12-8-11(17)9-15-12;;/h10-12,15,17H,2-9H2,1H3,(H,14,18);2*1H. The van der Waals surface area contributed by atoms with Gasteiger partial charge in [0.2, 0.25) is 5.91 Å². The van der Waals surface area contributed by atoms with Crippen molar-refractivity contribution in [1.82, 2.24) is 15.5 Å². The quantitative estimate of drug-likeness (QED) is 0.699. The van der Waals surface area contributed by atoms with Crippen molar-refractivity contribution < 1.29 is 9.90 Å². The van der Waals surface area contributed by atoms with E-state index in [1.807, 2.05) is 0 Å². The fourth-order valence-electron chi connectivity index (χ4n) is 2.79. The van der Waals surface area contributed by atoms with Crippen molar-refractivity contribution in [2.24, 2.45) is 5.92 Å². The molecule has 2 fully saturated rings. The van der Waals surface area contributed by atoms with Crippen molar-refractivity contribution in [1.29, 1.82) is 0 Å². The first-order chi connectivity index (χ1) is 8.65. The summed E-state index contributed by atoms with van der Waals surface area (Å²) in [5.74, 6) is 0.795. The number of halogens is 2. The molecule has 0 aromatic carbocycles. The topological polar surface area (TPSA) is 64.6 Å². The average Bonchev–Trinajstić information content (AvgIpc) is 2.78. The van der Waals surface area contributed by atoms with Gasteiger partial charge in [-0.3, -0.25) is 4.79 Å². The van der Waals surface area contributed by atoms with Gasteiger partial charge in [0.05, 0.1) is 12.1 Å². The molecule has 3 N–H and O–H groups in total. The minimum atomic E-state index is -0.366. The third kappa shape index (κ3) is 6.14. The number of β-amino-alcohol motifs (C(OH)–C–C–N with tert-alkyl or cyclic N) is 1. The molecule has 0 bridgehead atoms. The van der Waals surface area contributed by atoms with E-state index in [2.05, 4.69) is 22.6 Å². The average molecular weight is 328 g/mol. The van der Waals surface area contributed by atoms with E-state index in [4.69, 9.17) is 0 Å². The molecule has 0 saturated carbocycles. The first-order valence-corrected chi connectivity index (χ1v) is 7.03. The molecule has 120 valence electrons. The Morgan fingerprint density at radius 2 is 2.00 bits per heavy atom. The number of nitrogens with zero attached hydrogens (tertiary/aromatic N) is 1. The molecule has 0 spiro atoms.